The largest absolute Gasteiger partial charge is 0.382 e. The Morgan fingerprint density at radius 2 is 1.83 bits per heavy atom. The van der Waals surface area contributed by atoms with E-state index in [1.807, 2.05) is 30.3 Å². The summed E-state index contributed by atoms with van der Waals surface area (Å²) in [6.07, 6.45) is 3.42. The van der Waals surface area contributed by atoms with E-state index < -0.39 is 11.6 Å². The number of aromatic nitrogens is 3. The number of nitrogens with two attached hydrogens (primary N) is 1. The molecule has 0 atom stereocenters. The Kier molecular flexibility index (Phi) is 5.18. The van der Waals surface area contributed by atoms with Gasteiger partial charge in [0.25, 0.3) is 0 Å². The highest BCUT2D eigenvalue weighted by Gasteiger charge is 2.14. The molecule has 3 N–H and O–H groups in total. The van der Waals surface area contributed by atoms with Crippen LogP contribution in [0.2, 0.25) is 0 Å². The molecule has 0 saturated carbocycles. The molecule has 2 heterocycles. The van der Waals surface area contributed by atoms with Crippen molar-refractivity contribution in [2.24, 2.45) is 0 Å². The topological polar surface area (TPSA) is 101 Å². The SMILES string of the molecule is N#Cc1c(N)ncnc1NCCc1ccc2cccnc2c1-c1cc(F)cc(F)c1. The molecule has 0 aliphatic carbocycles. The fourth-order valence-electron chi connectivity index (χ4n) is 3.37. The van der Waals surface area contributed by atoms with Crippen LogP contribution in [0.1, 0.15) is 11.1 Å². The molecule has 4 aromatic rings. The summed E-state index contributed by atoms with van der Waals surface area (Å²) in [6.45, 7) is 0.411. The zero-order valence-corrected chi connectivity index (χ0v) is 15.7. The van der Waals surface area contributed by atoms with Crippen molar-refractivity contribution in [2.75, 3.05) is 17.6 Å². The minimum absolute atomic E-state index is 0.0980. The Balaban J connectivity index is 1.71. The Bertz CT molecular complexity index is 1260. The Morgan fingerprint density at radius 1 is 1.03 bits per heavy atom. The van der Waals surface area contributed by atoms with Crippen LogP contribution in [0.4, 0.5) is 20.4 Å². The van der Waals surface area contributed by atoms with Crippen LogP contribution in [0.5, 0.6) is 0 Å². The lowest BCUT2D eigenvalue weighted by atomic mass is 9.94. The molecule has 0 spiro atoms. The lowest BCUT2D eigenvalue weighted by molar-refractivity contribution is 0.584. The number of hydrogen-bond donors (Lipinski definition) is 2. The number of benzene rings is 2. The molecule has 4 rings (SSSR count). The van der Waals surface area contributed by atoms with E-state index in [-0.39, 0.29) is 11.4 Å². The van der Waals surface area contributed by atoms with Crippen LogP contribution in [0.25, 0.3) is 22.0 Å². The summed E-state index contributed by atoms with van der Waals surface area (Å²) in [6, 6.07) is 12.9. The molecule has 0 saturated heterocycles. The van der Waals surface area contributed by atoms with Crippen LogP contribution in [0.15, 0.2) is 55.0 Å². The first-order valence-corrected chi connectivity index (χ1v) is 9.14. The number of rotatable bonds is 5. The highest BCUT2D eigenvalue weighted by molar-refractivity contribution is 5.95. The van der Waals surface area contributed by atoms with E-state index >= 15 is 0 Å². The third-order valence-corrected chi connectivity index (χ3v) is 4.69. The summed E-state index contributed by atoms with van der Waals surface area (Å²) in [5.41, 5.74) is 8.46. The summed E-state index contributed by atoms with van der Waals surface area (Å²) in [4.78, 5) is 12.3. The third-order valence-electron chi connectivity index (χ3n) is 4.69. The van der Waals surface area contributed by atoms with E-state index in [0.717, 1.165) is 17.0 Å². The molecule has 0 fully saturated rings. The van der Waals surface area contributed by atoms with E-state index in [1.165, 1.54) is 18.5 Å². The fourth-order valence-corrected chi connectivity index (χ4v) is 3.37. The van der Waals surface area contributed by atoms with E-state index in [1.54, 1.807) is 6.20 Å². The molecule has 0 radical (unpaired) electrons. The van der Waals surface area contributed by atoms with E-state index in [9.17, 15) is 14.0 Å². The number of nitrogen functional groups attached to an aromatic ring is 1. The number of nitriles is 1. The maximum atomic E-state index is 13.9. The number of anilines is 2. The second kappa shape index (κ2) is 8.09. The lowest BCUT2D eigenvalue weighted by Gasteiger charge is -2.14. The van der Waals surface area contributed by atoms with E-state index in [0.29, 0.717) is 35.4 Å². The average Bonchev–Trinajstić information content (AvgIpc) is 2.73. The second-order valence-corrected chi connectivity index (χ2v) is 6.60. The van der Waals surface area contributed by atoms with Gasteiger partial charge in [-0.1, -0.05) is 18.2 Å². The van der Waals surface area contributed by atoms with Gasteiger partial charge >= 0.3 is 0 Å². The standard InChI is InChI=1S/C22H16F2N6/c23-16-8-15(9-17(24)10-16)19-13(3-4-14-2-1-6-27-20(14)19)5-7-28-22-18(11-25)21(26)29-12-30-22/h1-4,6,8-10,12H,5,7H2,(H3,26,28,29,30). The quantitative estimate of drug-likeness (QED) is 0.522. The zero-order chi connectivity index (χ0) is 21.1. The van der Waals surface area contributed by atoms with Gasteiger partial charge < -0.3 is 11.1 Å². The predicted molar refractivity (Wildman–Crippen MR) is 110 cm³/mol. The minimum atomic E-state index is -0.655. The van der Waals surface area contributed by atoms with Gasteiger partial charge in [0.15, 0.2) is 0 Å². The average molecular weight is 402 g/mol. The molecule has 0 aliphatic rings. The highest BCUT2D eigenvalue weighted by Crippen LogP contribution is 2.32. The molecule has 2 aromatic carbocycles. The first-order chi connectivity index (χ1) is 14.6. The summed E-state index contributed by atoms with van der Waals surface area (Å²) in [5, 5.41) is 13.2. The molecule has 0 bridgehead atoms. The molecule has 0 unspecified atom stereocenters. The van der Waals surface area contributed by atoms with Crippen molar-refractivity contribution < 1.29 is 8.78 Å². The van der Waals surface area contributed by atoms with Crippen molar-refractivity contribution in [1.82, 2.24) is 15.0 Å². The number of nitrogens with one attached hydrogen (secondary N) is 1. The van der Waals surface area contributed by atoms with Crippen molar-refractivity contribution in [1.29, 1.82) is 5.26 Å². The molecule has 2 aromatic heterocycles. The van der Waals surface area contributed by atoms with Crippen molar-refractivity contribution in [3.8, 4) is 17.2 Å². The van der Waals surface area contributed by atoms with Crippen LogP contribution >= 0.6 is 0 Å². The maximum Gasteiger partial charge on any atom is 0.149 e. The van der Waals surface area contributed by atoms with Gasteiger partial charge in [0.2, 0.25) is 0 Å². The number of pyridine rings is 1. The summed E-state index contributed by atoms with van der Waals surface area (Å²) >= 11 is 0. The molecular weight excluding hydrogens is 386 g/mol. The summed E-state index contributed by atoms with van der Waals surface area (Å²) in [7, 11) is 0. The molecule has 148 valence electrons. The van der Waals surface area contributed by atoms with Crippen molar-refractivity contribution >= 4 is 22.5 Å². The minimum Gasteiger partial charge on any atom is -0.382 e. The van der Waals surface area contributed by atoms with E-state index in [4.69, 9.17) is 5.73 Å². The molecule has 0 amide bonds. The number of nitrogens with zero attached hydrogens (tertiary/aromatic N) is 4. The number of hydrogen-bond acceptors (Lipinski definition) is 6. The van der Waals surface area contributed by atoms with Crippen LogP contribution in [-0.2, 0) is 6.42 Å². The Labute approximate surface area is 171 Å². The van der Waals surface area contributed by atoms with Crippen LogP contribution < -0.4 is 11.1 Å². The smallest absolute Gasteiger partial charge is 0.149 e. The van der Waals surface area contributed by atoms with Gasteiger partial charge in [-0.25, -0.2) is 18.7 Å². The third kappa shape index (κ3) is 3.73. The fraction of sp³-hybridized carbons (Fsp3) is 0.0909. The van der Waals surface area contributed by atoms with Crippen LogP contribution in [0, 0.1) is 23.0 Å². The van der Waals surface area contributed by atoms with Gasteiger partial charge in [-0.2, -0.15) is 5.26 Å². The monoisotopic (exact) mass is 402 g/mol. The predicted octanol–water partition coefficient (Wildman–Crippen LogP) is 4.08. The normalized spacial score (nSPS) is 10.7. The van der Waals surface area contributed by atoms with Gasteiger partial charge in [0, 0.05) is 29.8 Å². The molecule has 8 heteroatoms. The molecule has 0 aliphatic heterocycles. The number of fused-ring (bicyclic) bond motifs is 1. The molecule has 6 nitrogen and oxygen atoms in total. The first-order valence-electron chi connectivity index (χ1n) is 9.14. The maximum absolute atomic E-state index is 13.9. The van der Waals surface area contributed by atoms with Gasteiger partial charge in [0.05, 0.1) is 5.52 Å². The van der Waals surface area contributed by atoms with Crippen molar-refractivity contribution in [3.05, 3.63) is 77.8 Å². The van der Waals surface area contributed by atoms with Gasteiger partial charge in [-0.3, -0.25) is 4.98 Å². The highest BCUT2D eigenvalue weighted by atomic mass is 19.1. The first kappa shape index (κ1) is 19.2. The second-order valence-electron chi connectivity index (χ2n) is 6.60. The van der Waals surface area contributed by atoms with Crippen molar-refractivity contribution in [3.63, 3.8) is 0 Å². The van der Waals surface area contributed by atoms with Crippen LogP contribution in [-0.4, -0.2) is 21.5 Å². The van der Waals surface area contributed by atoms with Gasteiger partial charge in [-0.05, 0) is 35.7 Å². The lowest BCUT2D eigenvalue weighted by Crippen LogP contribution is -2.10. The summed E-state index contributed by atoms with van der Waals surface area (Å²) in [5.74, 6) is -0.877. The van der Waals surface area contributed by atoms with Crippen molar-refractivity contribution in [2.45, 2.75) is 6.42 Å². The van der Waals surface area contributed by atoms with E-state index in [2.05, 4.69) is 20.3 Å². The van der Waals surface area contributed by atoms with Gasteiger partial charge in [0.1, 0.15) is 41.2 Å². The van der Waals surface area contributed by atoms with Crippen LogP contribution in [0.3, 0.4) is 0 Å². The molecule has 30 heavy (non-hydrogen) atoms. The zero-order valence-electron chi connectivity index (χ0n) is 15.7. The summed E-state index contributed by atoms with van der Waals surface area (Å²) < 4.78 is 27.8. The van der Waals surface area contributed by atoms with Gasteiger partial charge in [-0.15, -0.1) is 0 Å². The Hall–Kier alpha value is -4.12. The number of halogens is 2. The molecular formula is C22H16F2N6. The Morgan fingerprint density at radius 3 is 2.60 bits per heavy atom.